The SMILES string of the molecule is [2H]C([2H])([2H])SCCCc1cc(NC(=O)N2CCCc3cc(CN4CCN(C)CC4=O)c(OC)nc32)ncc1C#N. The maximum Gasteiger partial charge on any atom is 0.328 e. The quantitative estimate of drug-likeness (QED) is 0.522. The molecule has 2 aromatic heterocycles. The molecule has 2 aliphatic rings. The fraction of sp³-hybridized carbons (Fsp3) is 0.500. The third-order valence-electron chi connectivity index (χ3n) is 6.55. The van der Waals surface area contributed by atoms with Crippen LogP contribution >= 0.6 is 11.8 Å². The molecule has 0 bridgehead atoms. The van der Waals surface area contributed by atoms with Gasteiger partial charge in [0.05, 0.1) is 25.8 Å². The smallest absolute Gasteiger partial charge is 0.328 e. The number of hydrogen-bond donors (Lipinski definition) is 1. The first-order valence-corrected chi connectivity index (χ1v) is 13.2. The molecule has 2 aromatic rings. The molecular formula is C26H33N7O3S. The second-order valence-corrected chi connectivity index (χ2v) is 9.87. The molecule has 0 saturated carbocycles. The minimum absolute atomic E-state index is 0.0554. The minimum atomic E-state index is -2.06. The van der Waals surface area contributed by atoms with Crippen molar-refractivity contribution < 1.29 is 18.4 Å². The number of urea groups is 1. The Kier molecular flexibility index (Phi) is 7.55. The number of pyridine rings is 2. The Labute approximate surface area is 226 Å². The van der Waals surface area contributed by atoms with E-state index in [1.54, 1.807) is 15.9 Å². The van der Waals surface area contributed by atoms with Crippen LogP contribution in [0.3, 0.4) is 0 Å². The summed E-state index contributed by atoms with van der Waals surface area (Å²) in [5.41, 5.74) is 2.79. The summed E-state index contributed by atoms with van der Waals surface area (Å²) < 4.78 is 27.5. The predicted octanol–water partition coefficient (Wildman–Crippen LogP) is 2.91. The number of piperazine rings is 1. The van der Waals surface area contributed by atoms with Gasteiger partial charge in [-0.25, -0.2) is 9.78 Å². The van der Waals surface area contributed by atoms with E-state index in [9.17, 15) is 14.9 Å². The lowest BCUT2D eigenvalue weighted by molar-refractivity contribution is -0.136. The summed E-state index contributed by atoms with van der Waals surface area (Å²) in [7, 11) is 3.45. The number of rotatable bonds is 8. The summed E-state index contributed by atoms with van der Waals surface area (Å²) in [6.07, 6.45) is 1.91. The van der Waals surface area contributed by atoms with E-state index in [1.165, 1.54) is 13.3 Å². The molecule has 4 heterocycles. The van der Waals surface area contributed by atoms with Crippen LogP contribution < -0.4 is 15.0 Å². The molecule has 0 aliphatic carbocycles. The molecule has 2 aliphatic heterocycles. The average Bonchev–Trinajstić information content (AvgIpc) is 2.91. The van der Waals surface area contributed by atoms with E-state index in [4.69, 9.17) is 8.85 Å². The molecule has 0 atom stereocenters. The van der Waals surface area contributed by atoms with Crippen LogP contribution in [0.2, 0.25) is 0 Å². The van der Waals surface area contributed by atoms with E-state index in [2.05, 4.69) is 21.4 Å². The number of hydrogen-bond acceptors (Lipinski definition) is 8. The highest BCUT2D eigenvalue weighted by atomic mass is 32.2. The number of aromatic nitrogens is 2. The van der Waals surface area contributed by atoms with Gasteiger partial charge in [0.1, 0.15) is 17.7 Å². The number of amides is 3. The topological polar surface area (TPSA) is 115 Å². The zero-order valence-electron chi connectivity index (χ0n) is 24.1. The molecular weight excluding hydrogens is 490 g/mol. The minimum Gasteiger partial charge on any atom is -0.481 e. The number of aryl methyl sites for hydroxylation is 2. The van der Waals surface area contributed by atoms with Crippen molar-refractivity contribution in [1.29, 1.82) is 5.26 Å². The van der Waals surface area contributed by atoms with Gasteiger partial charge in [-0.15, -0.1) is 0 Å². The van der Waals surface area contributed by atoms with Gasteiger partial charge in [0, 0.05) is 35.5 Å². The molecule has 0 aromatic carbocycles. The van der Waals surface area contributed by atoms with Crippen LogP contribution in [0.15, 0.2) is 18.3 Å². The third-order valence-corrected chi connectivity index (χ3v) is 7.04. The fourth-order valence-electron chi connectivity index (χ4n) is 4.60. The molecule has 196 valence electrons. The molecule has 37 heavy (non-hydrogen) atoms. The van der Waals surface area contributed by atoms with Crippen LogP contribution in [0.4, 0.5) is 16.4 Å². The maximum atomic E-state index is 13.3. The van der Waals surface area contributed by atoms with Crippen molar-refractivity contribution in [3.05, 3.63) is 40.6 Å². The molecule has 1 N–H and O–H groups in total. The first-order chi connectivity index (χ1) is 19.1. The van der Waals surface area contributed by atoms with Crippen LogP contribution in [0.1, 0.15) is 39.2 Å². The number of ether oxygens (including phenoxy) is 1. The van der Waals surface area contributed by atoms with Crippen molar-refractivity contribution in [2.45, 2.75) is 32.2 Å². The summed E-state index contributed by atoms with van der Waals surface area (Å²) in [5, 5.41) is 12.3. The number of methoxy groups -OCH3 is 1. The van der Waals surface area contributed by atoms with Gasteiger partial charge < -0.3 is 9.64 Å². The Hall–Kier alpha value is -3.36. The van der Waals surface area contributed by atoms with Gasteiger partial charge in [-0.1, -0.05) is 0 Å². The number of carbonyl (C=O) groups is 2. The van der Waals surface area contributed by atoms with E-state index in [1.807, 2.05) is 18.0 Å². The number of thioether (sulfide) groups is 1. The van der Waals surface area contributed by atoms with Crippen molar-refractivity contribution in [3.63, 3.8) is 0 Å². The Balaban J connectivity index is 1.48. The van der Waals surface area contributed by atoms with Gasteiger partial charge in [-0.3, -0.25) is 19.9 Å². The van der Waals surface area contributed by atoms with Crippen molar-refractivity contribution in [2.75, 3.05) is 62.5 Å². The van der Waals surface area contributed by atoms with E-state index in [0.29, 0.717) is 73.4 Å². The van der Waals surface area contributed by atoms with Crippen molar-refractivity contribution in [3.8, 4) is 11.9 Å². The monoisotopic (exact) mass is 526 g/mol. The van der Waals surface area contributed by atoms with Crippen molar-refractivity contribution >= 4 is 35.3 Å². The molecule has 0 unspecified atom stereocenters. The number of nitrogens with zero attached hydrogens (tertiary/aromatic N) is 6. The Bertz CT molecular complexity index is 1300. The van der Waals surface area contributed by atoms with Gasteiger partial charge in [0.15, 0.2) is 0 Å². The Morgan fingerprint density at radius 2 is 2.19 bits per heavy atom. The number of likely N-dealkylation sites (N-methyl/N-ethyl adjacent to an activating group) is 1. The second kappa shape index (κ2) is 12.3. The number of anilines is 2. The average molecular weight is 527 g/mol. The summed E-state index contributed by atoms with van der Waals surface area (Å²) in [6, 6.07) is 5.34. The summed E-state index contributed by atoms with van der Waals surface area (Å²) in [6.45, 7) is 2.65. The van der Waals surface area contributed by atoms with Crippen LogP contribution in [-0.2, 0) is 24.2 Å². The zero-order valence-corrected chi connectivity index (χ0v) is 21.9. The van der Waals surface area contributed by atoms with Gasteiger partial charge in [0.2, 0.25) is 11.8 Å². The van der Waals surface area contributed by atoms with Crippen LogP contribution in [0.5, 0.6) is 5.88 Å². The number of nitriles is 1. The van der Waals surface area contributed by atoms with Crippen LogP contribution in [0, 0.1) is 11.3 Å². The molecule has 10 nitrogen and oxygen atoms in total. The molecule has 1 fully saturated rings. The lowest BCUT2D eigenvalue weighted by Crippen LogP contribution is -2.48. The summed E-state index contributed by atoms with van der Waals surface area (Å²) in [4.78, 5) is 40.1. The molecule has 11 heteroatoms. The molecule has 1 saturated heterocycles. The predicted molar refractivity (Wildman–Crippen MR) is 144 cm³/mol. The molecule has 0 spiro atoms. The second-order valence-electron chi connectivity index (χ2n) is 9.17. The zero-order chi connectivity index (χ0) is 28.9. The first-order valence-electron chi connectivity index (χ1n) is 13.7. The number of nitrogens with one attached hydrogen (secondary N) is 1. The maximum absolute atomic E-state index is 13.3. The van der Waals surface area contributed by atoms with Crippen LogP contribution in [0.25, 0.3) is 0 Å². The molecule has 3 amide bonds. The largest absolute Gasteiger partial charge is 0.481 e. The Morgan fingerprint density at radius 1 is 1.32 bits per heavy atom. The standard InChI is InChI=1S/C26H33N7O3S/c1-31-9-10-32(23(34)17-31)16-20-12-19-6-4-8-33(24(19)30-25(20)36-2)26(35)29-22-13-18(7-5-11-37-3)21(14-27)15-28-22/h12-13,15H,4-11,16-17H2,1-3H3,(H,28,29,35)/i3D3. The fourth-order valence-corrected chi connectivity index (χ4v) is 4.89. The number of fused-ring (bicyclic) bond motifs is 1. The van der Waals surface area contributed by atoms with Crippen LogP contribution in [-0.4, -0.2) is 84.0 Å². The highest BCUT2D eigenvalue weighted by molar-refractivity contribution is 7.98. The summed E-state index contributed by atoms with van der Waals surface area (Å²) >= 11 is 0.894. The van der Waals surface area contributed by atoms with Gasteiger partial charge >= 0.3 is 6.03 Å². The molecule has 0 radical (unpaired) electrons. The number of carbonyl (C=O) groups excluding carboxylic acids is 2. The third kappa shape index (κ3) is 6.32. The van der Waals surface area contributed by atoms with E-state index >= 15 is 0 Å². The highest BCUT2D eigenvalue weighted by Gasteiger charge is 2.28. The van der Waals surface area contributed by atoms with Gasteiger partial charge in [-0.05, 0) is 67.9 Å². The van der Waals surface area contributed by atoms with Crippen molar-refractivity contribution in [2.24, 2.45) is 0 Å². The van der Waals surface area contributed by atoms with E-state index in [0.717, 1.165) is 42.3 Å². The van der Waals surface area contributed by atoms with Crippen molar-refractivity contribution in [1.82, 2.24) is 19.8 Å². The van der Waals surface area contributed by atoms with Gasteiger partial charge in [0.25, 0.3) is 0 Å². The molecule has 4 rings (SSSR count). The Morgan fingerprint density at radius 3 is 2.95 bits per heavy atom. The lowest BCUT2D eigenvalue weighted by Gasteiger charge is -2.33. The lowest BCUT2D eigenvalue weighted by atomic mass is 10.0. The highest BCUT2D eigenvalue weighted by Crippen LogP contribution is 2.32. The summed E-state index contributed by atoms with van der Waals surface area (Å²) in [5.74, 6) is 1.66. The normalized spacial score (nSPS) is 17.3. The van der Waals surface area contributed by atoms with E-state index < -0.39 is 12.2 Å². The van der Waals surface area contributed by atoms with E-state index in [-0.39, 0.29) is 5.91 Å². The first kappa shape index (κ1) is 22.8. The van der Waals surface area contributed by atoms with Gasteiger partial charge in [-0.2, -0.15) is 22.0 Å².